The summed E-state index contributed by atoms with van der Waals surface area (Å²) in [6.45, 7) is 1.12. The zero-order valence-electron chi connectivity index (χ0n) is 11.5. The second-order valence-corrected chi connectivity index (χ2v) is 6.37. The molecule has 0 aliphatic carbocycles. The zero-order chi connectivity index (χ0) is 14.5. The molecule has 1 unspecified atom stereocenters. The summed E-state index contributed by atoms with van der Waals surface area (Å²) in [7, 11) is 1.64. The lowest BCUT2D eigenvalue weighted by Gasteiger charge is -2.28. The number of rotatable bonds is 5. The van der Waals surface area contributed by atoms with Gasteiger partial charge in [0.15, 0.2) is 0 Å². The van der Waals surface area contributed by atoms with Crippen LogP contribution in [0.1, 0.15) is 16.8 Å². The minimum Gasteiger partial charge on any atom is -0.399 e. The summed E-state index contributed by atoms with van der Waals surface area (Å²) in [6.07, 6.45) is 1.02. The first-order valence-electron chi connectivity index (χ1n) is 6.55. The molecule has 0 spiro atoms. The van der Waals surface area contributed by atoms with E-state index in [-0.39, 0.29) is 11.9 Å². The van der Waals surface area contributed by atoms with E-state index in [0.717, 1.165) is 17.9 Å². The monoisotopic (exact) mass is 314 g/mol. The third-order valence-corrected chi connectivity index (χ3v) is 4.67. The minimum absolute atomic E-state index is 0.0243. The Hall–Kier alpha value is -0.910. The maximum absolute atomic E-state index is 12.7. The fraction of sp³-hybridized carbons (Fsp3) is 0.500. The molecular formula is C14H19ClN2O2S. The first kappa shape index (κ1) is 15.5. The van der Waals surface area contributed by atoms with Crippen molar-refractivity contribution in [3.63, 3.8) is 0 Å². The van der Waals surface area contributed by atoms with Crippen LogP contribution in [-0.4, -0.2) is 48.6 Å². The van der Waals surface area contributed by atoms with Gasteiger partial charge in [-0.3, -0.25) is 4.79 Å². The van der Waals surface area contributed by atoms with E-state index in [1.807, 2.05) is 16.7 Å². The molecule has 110 valence electrons. The van der Waals surface area contributed by atoms with Crippen LogP contribution in [0.5, 0.6) is 0 Å². The lowest BCUT2D eigenvalue weighted by Crippen LogP contribution is -2.42. The number of benzene rings is 1. The highest BCUT2D eigenvalue weighted by molar-refractivity contribution is 7.99. The molecule has 1 aromatic rings. The Morgan fingerprint density at radius 3 is 2.95 bits per heavy atom. The van der Waals surface area contributed by atoms with Crippen molar-refractivity contribution in [3.8, 4) is 0 Å². The van der Waals surface area contributed by atoms with Crippen LogP contribution < -0.4 is 5.73 Å². The van der Waals surface area contributed by atoms with Gasteiger partial charge in [0, 0.05) is 41.7 Å². The van der Waals surface area contributed by atoms with Gasteiger partial charge in [0.05, 0.1) is 6.61 Å². The number of hydrogen-bond donors (Lipinski definition) is 1. The zero-order valence-corrected chi connectivity index (χ0v) is 13.0. The fourth-order valence-electron chi connectivity index (χ4n) is 2.31. The number of nitrogen functional groups attached to an aromatic ring is 1. The van der Waals surface area contributed by atoms with Crippen molar-refractivity contribution in [1.82, 2.24) is 4.90 Å². The quantitative estimate of drug-likeness (QED) is 0.849. The topological polar surface area (TPSA) is 55.6 Å². The van der Waals surface area contributed by atoms with Crippen molar-refractivity contribution in [2.75, 3.05) is 37.5 Å². The van der Waals surface area contributed by atoms with Crippen LogP contribution in [-0.2, 0) is 4.74 Å². The fourth-order valence-corrected chi connectivity index (χ4v) is 3.78. The number of carbonyl (C=O) groups excluding carboxylic acids is 1. The first-order chi connectivity index (χ1) is 9.61. The number of anilines is 1. The highest BCUT2D eigenvalue weighted by atomic mass is 35.5. The smallest absolute Gasteiger partial charge is 0.254 e. The van der Waals surface area contributed by atoms with Gasteiger partial charge in [0.25, 0.3) is 5.91 Å². The molecule has 1 saturated heterocycles. The Kier molecular flexibility index (Phi) is 5.57. The molecule has 0 bridgehead atoms. The number of ether oxygens (including phenoxy) is 1. The predicted molar refractivity (Wildman–Crippen MR) is 84.5 cm³/mol. The summed E-state index contributed by atoms with van der Waals surface area (Å²) in [6, 6.07) is 5.25. The number of halogens is 1. The number of carbonyl (C=O) groups is 1. The minimum atomic E-state index is -0.0243. The third-order valence-electron chi connectivity index (χ3n) is 3.31. The molecule has 4 nitrogen and oxygen atoms in total. The molecule has 1 fully saturated rings. The van der Waals surface area contributed by atoms with Crippen molar-refractivity contribution in [3.05, 3.63) is 28.8 Å². The van der Waals surface area contributed by atoms with Crippen molar-refractivity contribution in [1.29, 1.82) is 0 Å². The van der Waals surface area contributed by atoms with E-state index in [1.165, 1.54) is 0 Å². The van der Waals surface area contributed by atoms with Crippen LogP contribution >= 0.6 is 23.4 Å². The first-order valence-corrected chi connectivity index (χ1v) is 8.09. The summed E-state index contributed by atoms with van der Waals surface area (Å²) < 4.78 is 5.11. The van der Waals surface area contributed by atoms with E-state index in [4.69, 9.17) is 22.1 Å². The predicted octanol–water partition coefficient (Wildman–Crippen LogP) is 2.52. The highest BCUT2D eigenvalue weighted by Crippen LogP contribution is 2.25. The molecule has 2 rings (SSSR count). The molecule has 1 amide bonds. The lowest BCUT2D eigenvalue weighted by atomic mass is 10.1. The largest absolute Gasteiger partial charge is 0.399 e. The summed E-state index contributed by atoms with van der Waals surface area (Å²) in [5, 5.41) is 0.487. The van der Waals surface area contributed by atoms with Gasteiger partial charge >= 0.3 is 0 Å². The van der Waals surface area contributed by atoms with Gasteiger partial charge in [-0.2, -0.15) is 11.8 Å². The Morgan fingerprint density at radius 1 is 1.55 bits per heavy atom. The highest BCUT2D eigenvalue weighted by Gasteiger charge is 2.27. The van der Waals surface area contributed by atoms with Crippen molar-refractivity contribution in [2.24, 2.45) is 0 Å². The molecule has 0 aromatic heterocycles. The van der Waals surface area contributed by atoms with E-state index >= 15 is 0 Å². The molecule has 0 saturated carbocycles. The third kappa shape index (κ3) is 3.81. The summed E-state index contributed by atoms with van der Waals surface area (Å²) in [4.78, 5) is 14.6. The number of methoxy groups -OCH3 is 1. The van der Waals surface area contributed by atoms with Crippen LogP contribution in [0.25, 0.3) is 0 Å². The molecule has 20 heavy (non-hydrogen) atoms. The second-order valence-electron chi connectivity index (χ2n) is 4.78. The van der Waals surface area contributed by atoms with Crippen LogP contribution in [0.15, 0.2) is 18.2 Å². The van der Waals surface area contributed by atoms with Gasteiger partial charge in [-0.15, -0.1) is 0 Å². The van der Waals surface area contributed by atoms with E-state index in [9.17, 15) is 4.79 Å². The molecule has 2 N–H and O–H groups in total. The number of amides is 1. The molecule has 1 aliphatic rings. The van der Waals surface area contributed by atoms with Gasteiger partial charge in [-0.1, -0.05) is 11.6 Å². The van der Waals surface area contributed by atoms with Gasteiger partial charge in [0.1, 0.15) is 0 Å². The Labute approximate surface area is 128 Å². The number of nitrogens with two attached hydrogens (primary N) is 1. The Morgan fingerprint density at radius 2 is 2.35 bits per heavy atom. The van der Waals surface area contributed by atoms with Gasteiger partial charge in [-0.05, 0) is 30.4 Å². The Balaban J connectivity index is 2.19. The average Bonchev–Trinajstić information content (AvgIpc) is 2.91. The number of hydrogen-bond acceptors (Lipinski definition) is 4. The summed E-state index contributed by atoms with van der Waals surface area (Å²) >= 11 is 7.86. The van der Waals surface area contributed by atoms with E-state index in [1.54, 1.807) is 25.3 Å². The summed E-state index contributed by atoms with van der Waals surface area (Å²) in [5.74, 6) is 2.05. The van der Waals surface area contributed by atoms with E-state index in [2.05, 4.69) is 0 Å². The maximum atomic E-state index is 12.7. The molecule has 1 heterocycles. The molecule has 1 aromatic carbocycles. The van der Waals surface area contributed by atoms with Crippen LogP contribution in [0.3, 0.4) is 0 Å². The van der Waals surface area contributed by atoms with Crippen molar-refractivity contribution < 1.29 is 9.53 Å². The van der Waals surface area contributed by atoms with Crippen LogP contribution in [0, 0.1) is 0 Å². The van der Waals surface area contributed by atoms with Crippen LogP contribution in [0.2, 0.25) is 5.02 Å². The van der Waals surface area contributed by atoms with Gasteiger partial charge < -0.3 is 15.4 Å². The lowest BCUT2D eigenvalue weighted by molar-refractivity contribution is 0.0625. The molecular weight excluding hydrogens is 296 g/mol. The Bertz CT molecular complexity index is 458. The standard InChI is InChI=1S/C14H19ClN2O2S/c1-19-4-3-17(13-2-5-20-9-13)14(18)10-6-11(15)8-12(16)7-10/h6-8,13H,2-5,9,16H2,1H3. The number of nitrogens with zero attached hydrogens (tertiary/aromatic N) is 1. The number of thioether (sulfide) groups is 1. The van der Waals surface area contributed by atoms with E-state index in [0.29, 0.717) is 29.4 Å². The normalized spacial score (nSPS) is 18.2. The van der Waals surface area contributed by atoms with Gasteiger partial charge in [-0.25, -0.2) is 0 Å². The molecule has 0 radical (unpaired) electrons. The molecule has 1 aliphatic heterocycles. The van der Waals surface area contributed by atoms with Gasteiger partial charge in [0.2, 0.25) is 0 Å². The SMILES string of the molecule is COCCN(C(=O)c1cc(N)cc(Cl)c1)C1CCSC1. The summed E-state index contributed by atoms with van der Waals surface area (Å²) in [5.41, 5.74) is 6.82. The molecule has 6 heteroatoms. The second kappa shape index (κ2) is 7.20. The van der Waals surface area contributed by atoms with Crippen LogP contribution in [0.4, 0.5) is 5.69 Å². The molecule has 1 atom stereocenters. The average molecular weight is 315 g/mol. The van der Waals surface area contributed by atoms with Crippen molar-refractivity contribution in [2.45, 2.75) is 12.5 Å². The van der Waals surface area contributed by atoms with E-state index < -0.39 is 0 Å². The maximum Gasteiger partial charge on any atom is 0.254 e. The van der Waals surface area contributed by atoms with Crippen molar-refractivity contribution >= 4 is 35.0 Å².